The second-order valence-electron chi connectivity index (χ2n) is 4.59. The quantitative estimate of drug-likeness (QED) is 0.790. The van der Waals surface area contributed by atoms with Gasteiger partial charge in [0.25, 0.3) is 0 Å². The summed E-state index contributed by atoms with van der Waals surface area (Å²) in [5.41, 5.74) is 2.12. The first kappa shape index (κ1) is 14.6. The van der Waals surface area contributed by atoms with Crippen molar-refractivity contribution in [2.75, 3.05) is 13.7 Å². The molecule has 4 nitrogen and oxygen atoms in total. The van der Waals surface area contributed by atoms with Crippen LogP contribution in [0.5, 0.6) is 11.5 Å². The van der Waals surface area contributed by atoms with E-state index in [1.807, 2.05) is 25.1 Å². The van der Waals surface area contributed by atoms with E-state index in [1.54, 1.807) is 30.3 Å². The standard InChI is InChI=1S/C17H15NO3/c1-12-3-5-14(6-4-12)17(19)11-21-16-8-13(10-18)7-15(9-16)20-2/h3-9H,11H2,1-2H3. The first-order chi connectivity index (χ1) is 10.1. The van der Waals surface area contributed by atoms with Crippen LogP contribution in [-0.2, 0) is 0 Å². The Morgan fingerprint density at radius 1 is 1.14 bits per heavy atom. The van der Waals surface area contributed by atoms with E-state index in [4.69, 9.17) is 14.7 Å². The summed E-state index contributed by atoms with van der Waals surface area (Å²) in [5.74, 6) is 0.842. The van der Waals surface area contributed by atoms with Crippen molar-refractivity contribution in [1.82, 2.24) is 0 Å². The number of benzene rings is 2. The van der Waals surface area contributed by atoms with Gasteiger partial charge in [0.2, 0.25) is 0 Å². The highest BCUT2D eigenvalue weighted by Gasteiger charge is 2.08. The Kier molecular flexibility index (Phi) is 4.57. The van der Waals surface area contributed by atoms with Gasteiger partial charge in [-0.3, -0.25) is 4.79 Å². The van der Waals surface area contributed by atoms with E-state index in [9.17, 15) is 4.79 Å². The second-order valence-corrected chi connectivity index (χ2v) is 4.59. The normalized spacial score (nSPS) is 9.76. The zero-order valence-corrected chi connectivity index (χ0v) is 11.9. The largest absolute Gasteiger partial charge is 0.497 e. The number of hydrogen-bond acceptors (Lipinski definition) is 4. The number of carbonyl (C=O) groups excluding carboxylic acids is 1. The maximum absolute atomic E-state index is 12.0. The molecule has 0 unspecified atom stereocenters. The SMILES string of the molecule is COc1cc(C#N)cc(OCC(=O)c2ccc(C)cc2)c1. The molecule has 0 aliphatic heterocycles. The van der Waals surface area contributed by atoms with Crippen molar-refractivity contribution in [2.45, 2.75) is 6.92 Å². The van der Waals surface area contributed by atoms with E-state index in [0.29, 0.717) is 22.6 Å². The topological polar surface area (TPSA) is 59.3 Å². The maximum Gasteiger partial charge on any atom is 0.200 e. The number of ketones is 1. The zero-order valence-electron chi connectivity index (χ0n) is 11.9. The molecule has 0 atom stereocenters. The lowest BCUT2D eigenvalue weighted by Crippen LogP contribution is -2.11. The maximum atomic E-state index is 12.0. The number of nitrogens with zero attached hydrogens (tertiary/aromatic N) is 1. The molecule has 0 spiro atoms. The molecular weight excluding hydrogens is 266 g/mol. The third-order valence-electron chi connectivity index (χ3n) is 2.99. The number of carbonyl (C=O) groups is 1. The van der Waals surface area contributed by atoms with Gasteiger partial charge in [-0.25, -0.2) is 0 Å². The van der Waals surface area contributed by atoms with Crippen molar-refractivity contribution in [1.29, 1.82) is 5.26 Å². The van der Waals surface area contributed by atoms with Gasteiger partial charge in [-0.05, 0) is 19.1 Å². The van der Waals surface area contributed by atoms with Crippen LogP contribution in [0.15, 0.2) is 42.5 Å². The second kappa shape index (κ2) is 6.58. The smallest absolute Gasteiger partial charge is 0.200 e. The molecule has 0 saturated carbocycles. The lowest BCUT2D eigenvalue weighted by Gasteiger charge is -2.08. The summed E-state index contributed by atoms with van der Waals surface area (Å²) >= 11 is 0. The van der Waals surface area contributed by atoms with E-state index in [2.05, 4.69) is 0 Å². The van der Waals surface area contributed by atoms with Crippen molar-refractivity contribution < 1.29 is 14.3 Å². The van der Waals surface area contributed by atoms with Gasteiger partial charge >= 0.3 is 0 Å². The summed E-state index contributed by atoms with van der Waals surface area (Å²) in [4.78, 5) is 12.0. The minimum Gasteiger partial charge on any atom is -0.497 e. The van der Waals surface area contributed by atoms with Crippen LogP contribution in [0.25, 0.3) is 0 Å². The summed E-state index contributed by atoms with van der Waals surface area (Å²) in [6, 6.07) is 14.2. The molecule has 0 aliphatic rings. The molecule has 21 heavy (non-hydrogen) atoms. The third kappa shape index (κ3) is 3.83. The molecule has 4 heteroatoms. The van der Waals surface area contributed by atoms with E-state index < -0.39 is 0 Å². The molecular formula is C17H15NO3. The number of hydrogen-bond donors (Lipinski definition) is 0. The number of aryl methyl sites for hydroxylation is 1. The van der Waals surface area contributed by atoms with Gasteiger partial charge in [-0.2, -0.15) is 5.26 Å². The molecule has 0 aromatic heterocycles. The zero-order chi connectivity index (χ0) is 15.2. The fraction of sp³-hybridized carbons (Fsp3) is 0.176. The predicted molar refractivity (Wildman–Crippen MR) is 78.7 cm³/mol. The number of Topliss-reactive ketones (excluding diaryl/α,β-unsaturated/α-hetero) is 1. The van der Waals surface area contributed by atoms with Crippen molar-refractivity contribution in [3.05, 3.63) is 59.2 Å². The fourth-order valence-corrected chi connectivity index (χ4v) is 1.81. The summed E-state index contributed by atoms with van der Waals surface area (Å²) in [7, 11) is 1.51. The molecule has 2 aromatic carbocycles. The Balaban J connectivity index is 2.07. The van der Waals surface area contributed by atoms with E-state index in [-0.39, 0.29) is 12.4 Å². The van der Waals surface area contributed by atoms with Crippen LogP contribution in [0.3, 0.4) is 0 Å². The van der Waals surface area contributed by atoms with Crippen molar-refractivity contribution in [3.8, 4) is 17.6 Å². The summed E-state index contributed by atoms with van der Waals surface area (Å²) in [6.45, 7) is 1.88. The van der Waals surface area contributed by atoms with Crippen LogP contribution in [0, 0.1) is 18.3 Å². The molecule has 106 valence electrons. The molecule has 0 amide bonds. The van der Waals surface area contributed by atoms with Crippen LogP contribution in [0.4, 0.5) is 0 Å². The Morgan fingerprint density at radius 3 is 2.43 bits per heavy atom. The highest BCUT2D eigenvalue weighted by Crippen LogP contribution is 2.22. The van der Waals surface area contributed by atoms with Crippen LogP contribution in [0.1, 0.15) is 21.5 Å². The van der Waals surface area contributed by atoms with E-state index in [0.717, 1.165) is 5.56 Å². The van der Waals surface area contributed by atoms with Crippen LogP contribution in [-0.4, -0.2) is 19.5 Å². The summed E-state index contributed by atoms with van der Waals surface area (Å²) in [5, 5.41) is 8.94. The Bertz CT molecular complexity index is 684. The van der Waals surface area contributed by atoms with Crippen LogP contribution >= 0.6 is 0 Å². The molecule has 0 fully saturated rings. The van der Waals surface area contributed by atoms with Crippen LogP contribution < -0.4 is 9.47 Å². The van der Waals surface area contributed by atoms with E-state index >= 15 is 0 Å². The van der Waals surface area contributed by atoms with E-state index in [1.165, 1.54) is 7.11 Å². The minimum absolute atomic E-state index is 0.0822. The molecule has 2 rings (SSSR count). The number of nitriles is 1. The molecule has 0 N–H and O–H groups in total. The van der Waals surface area contributed by atoms with Gasteiger partial charge in [-0.1, -0.05) is 29.8 Å². The number of methoxy groups -OCH3 is 1. The Hall–Kier alpha value is -2.80. The average molecular weight is 281 g/mol. The van der Waals surface area contributed by atoms with Gasteiger partial charge < -0.3 is 9.47 Å². The Labute approximate surface area is 123 Å². The lowest BCUT2D eigenvalue weighted by molar-refractivity contribution is 0.0921. The molecule has 0 heterocycles. The summed E-state index contributed by atoms with van der Waals surface area (Å²) < 4.78 is 10.5. The molecule has 0 saturated heterocycles. The molecule has 0 radical (unpaired) electrons. The highest BCUT2D eigenvalue weighted by atomic mass is 16.5. The molecule has 0 aliphatic carbocycles. The van der Waals surface area contributed by atoms with Gasteiger partial charge in [0.15, 0.2) is 12.4 Å². The van der Waals surface area contributed by atoms with Gasteiger partial charge in [0, 0.05) is 11.6 Å². The van der Waals surface area contributed by atoms with Crippen molar-refractivity contribution in [2.24, 2.45) is 0 Å². The average Bonchev–Trinajstić information content (AvgIpc) is 2.52. The molecule has 0 bridgehead atoms. The van der Waals surface area contributed by atoms with Crippen LogP contribution in [0.2, 0.25) is 0 Å². The third-order valence-corrected chi connectivity index (χ3v) is 2.99. The van der Waals surface area contributed by atoms with Crippen molar-refractivity contribution >= 4 is 5.78 Å². The molecule has 2 aromatic rings. The first-order valence-corrected chi connectivity index (χ1v) is 6.44. The Morgan fingerprint density at radius 2 is 1.81 bits per heavy atom. The number of ether oxygens (including phenoxy) is 2. The highest BCUT2D eigenvalue weighted by molar-refractivity contribution is 5.97. The summed E-state index contributed by atoms with van der Waals surface area (Å²) in [6.07, 6.45) is 0. The fourth-order valence-electron chi connectivity index (χ4n) is 1.81. The van der Waals surface area contributed by atoms with Gasteiger partial charge in [-0.15, -0.1) is 0 Å². The predicted octanol–water partition coefficient (Wildman–Crippen LogP) is 3.14. The van der Waals surface area contributed by atoms with Crippen molar-refractivity contribution in [3.63, 3.8) is 0 Å². The first-order valence-electron chi connectivity index (χ1n) is 6.44. The van der Waals surface area contributed by atoms with Gasteiger partial charge in [0.1, 0.15) is 11.5 Å². The van der Waals surface area contributed by atoms with Gasteiger partial charge in [0.05, 0.1) is 18.7 Å². The lowest BCUT2D eigenvalue weighted by atomic mass is 10.1. The minimum atomic E-state index is -0.115. The number of rotatable bonds is 5. The monoisotopic (exact) mass is 281 g/mol.